The van der Waals surface area contributed by atoms with Gasteiger partial charge in [0, 0.05) is 44.7 Å². The van der Waals surface area contributed by atoms with Crippen molar-refractivity contribution in [2.75, 3.05) is 32.5 Å². The van der Waals surface area contributed by atoms with Crippen LogP contribution in [0.4, 0.5) is 13.2 Å². The first-order valence-electron chi connectivity index (χ1n) is 14.2. The van der Waals surface area contributed by atoms with Crippen LogP contribution in [0.5, 0.6) is 0 Å². The molecule has 42 heavy (non-hydrogen) atoms. The van der Waals surface area contributed by atoms with E-state index in [0.29, 0.717) is 38.2 Å². The third-order valence-corrected chi connectivity index (χ3v) is 9.62. The largest absolute Gasteiger partial charge is 0.417 e. The van der Waals surface area contributed by atoms with Gasteiger partial charge in [0.25, 0.3) is 0 Å². The third kappa shape index (κ3) is 8.80. The van der Waals surface area contributed by atoms with E-state index >= 15 is 0 Å². The molecule has 0 unspecified atom stereocenters. The number of hydrogen-bond donors (Lipinski definition) is 0. The molecule has 0 bridgehead atoms. The van der Waals surface area contributed by atoms with Gasteiger partial charge in [-0.25, -0.2) is 8.42 Å². The minimum Gasteiger partial charge on any atom is -0.377 e. The standard InChI is InChI=1S/C32H38ClF3N2O3S/c1-24(18-20-41-28-16-10-19-38(22-28)42(2,39)40)37(21-27-15-9-17-30(31(27)33)32(34,35)36)23-29(25-11-5-3-6-12-25)26-13-7-4-8-14-26/h3-9,11-15,17,24,28-29H,10,16,18-23H2,1-2H3/t24-,28+/m1/s1. The number of rotatable bonds is 12. The lowest BCUT2D eigenvalue weighted by atomic mass is 9.90. The monoisotopic (exact) mass is 622 g/mol. The summed E-state index contributed by atoms with van der Waals surface area (Å²) >= 11 is 6.34. The lowest BCUT2D eigenvalue weighted by molar-refractivity contribution is -0.137. The maximum Gasteiger partial charge on any atom is 0.417 e. The van der Waals surface area contributed by atoms with Crippen LogP contribution in [-0.2, 0) is 27.5 Å². The van der Waals surface area contributed by atoms with Gasteiger partial charge < -0.3 is 4.74 Å². The number of piperidine rings is 1. The first-order chi connectivity index (χ1) is 19.9. The maximum absolute atomic E-state index is 13.7. The molecular weight excluding hydrogens is 585 g/mol. The predicted molar refractivity (Wildman–Crippen MR) is 161 cm³/mol. The number of nitrogens with zero attached hydrogens (tertiary/aromatic N) is 2. The molecule has 3 aromatic carbocycles. The molecule has 1 aliphatic heterocycles. The summed E-state index contributed by atoms with van der Waals surface area (Å²) in [6.07, 6.45) is -1.38. The molecule has 4 rings (SSSR count). The van der Waals surface area contributed by atoms with Crippen LogP contribution in [0, 0.1) is 0 Å². The summed E-state index contributed by atoms with van der Waals surface area (Å²) in [6.45, 7) is 4.06. The van der Waals surface area contributed by atoms with Crippen molar-refractivity contribution in [3.63, 3.8) is 0 Å². The zero-order valence-electron chi connectivity index (χ0n) is 23.9. The van der Waals surface area contributed by atoms with Crippen molar-refractivity contribution in [3.8, 4) is 0 Å². The Balaban J connectivity index is 1.56. The molecule has 10 heteroatoms. The van der Waals surface area contributed by atoms with Gasteiger partial charge in [-0.3, -0.25) is 4.90 Å². The SMILES string of the molecule is C[C@H](CCO[C@H]1CCCN(S(C)(=O)=O)C1)N(Cc1cccc(C(F)(F)F)c1Cl)CC(c1ccccc1)c1ccccc1. The molecule has 0 radical (unpaired) electrons. The Hall–Kier alpha value is -2.43. The van der Waals surface area contributed by atoms with Gasteiger partial charge in [-0.2, -0.15) is 17.5 Å². The molecule has 1 saturated heterocycles. The summed E-state index contributed by atoms with van der Waals surface area (Å²) < 4.78 is 72.6. The predicted octanol–water partition coefficient (Wildman–Crippen LogP) is 7.21. The van der Waals surface area contributed by atoms with E-state index in [9.17, 15) is 21.6 Å². The minimum atomic E-state index is -4.55. The van der Waals surface area contributed by atoms with E-state index in [1.807, 2.05) is 43.3 Å². The molecule has 2 atom stereocenters. The summed E-state index contributed by atoms with van der Waals surface area (Å²) in [5.74, 6) is -0.0259. The molecule has 1 fully saturated rings. The molecular formula is C32H38ClF3N2O3S. The number of alkyl halides is 3. The zero-order valence-corrected chi connectivity index (χ0v) is 25.5. The van der Waals surface area contributed by atoms with Crippen molar-refractivity contribution in [3.05, 3.63) is 106 Å². The van der Waals surface area contributed by atoms with E-state index in [-0.39, 0.29) is 29.6 Å². The Morgan fingerprint density at radius 3 is 2.19 bits per heavy atom. The molecule has 228 valence electrons. The molecule has 0 N–H and O–H groups in total. The van der Waals surface area contributed by atoms with Gasteiger partial charge in [0.2, 0.25) is 10.0 Å². The van der Waals surface area contributed by atoms with Crippen molar-refractivity contribution in [2.45, 2.75) is 57.0 Å². The highest BCUT2D eigenvalue weighted by molar-refractivity contribution is 7.88. The average Bonchev–Trinajstić information content (AvgIpc) is 2.96. The summed E-state index contributed by atoms with van der Waals surface area (Å²) in [4.78, 5) is 2.17. The fraction of sp³-hybridized carbons (Fsp3) is 0.438. The summed E-state index contributed by atoms with van der Waals surface area (Å²) in [5.41, 5.74) is 1.79. The normalized spacial score (nSPS) is 17.6. The molecule has 0 aromatic heterocycles. The summed E-state index contributed by atoms with van der Waals surface area (Å²) in [6, 6.07) is 24.1. The molecule has 1 aliphatic rings. The van der Waals surface area contributed by atoms with Gasteiger partial charge in [-0.15, -0.1) is 0 Å². The smallest absolute Gasteiger partial charge is 0.377 e. The van der Waals surface area contributed by atoms with Gasteiger partial charge in [-0.05, 0) is 48.9 Å². The fourth-order valence-corrected chi connectivity index (χ4v) is 6.67. The van der Waals surface area contributed by atoms with Gasteiger partial charge >= 0.3 is 6.18 Å². The van der Waals surface area contributed by atoms with Crippen LogP contribution in [0.15, 0.2) is 78.9 Å². The number of sulfonamides is 1. The molecule has 0 saturated carbocycles. The van der Waals surface area contributed by atoms with Gasteiger partial charge in [0.05, 0.1) is 22.9 Å². The Morgan fingerprint density at radius 1 is 1.00 bits per heavy atom. The molecule has 0 spiro atoms. The van der Waals surface area contributed by atoms with Crippen molar-refractivity contribution < 1.29 is 26.3 Å². The molecule has 3 aromatic rings. The lowest BCUT2D eigenvalue weighted by Gasteiger charge is -2.35. The van der Waals surface area contributed by atoms with E-state index < -0.39 is 21.8 Å². The van der Waals surface area contributed by atoms with Crippen LogP contribution in [0.25, 0.3) is 0 Å². The Labute approximate surface area is 252 Å². The van der Waals surface area contributed by atoms with Crippen LogP contribution >= 0.6 is 11.6 Å². The highest BCUT2D eigenvalue weighted by Crippen LogP contribution is 2.37. The zero-order chi connectivity index (χ0) is 30.3. The minimum absolute atomic E-state index is 0.0259. The maximum atomic E-state index is 13.7. The van der Waals surface area contributed by atoms with Crippen molar-refractivity contribution in [1.82, 2.24) is 9.21 Å². The molecule has 5 nitrogen and oxygen atoms in total. The molecule has 0 aliphatic carbocycles. The van der Waals surface area contributed by atoms with E-state index in [0.717, 1.165) is 30.0 Å². The van der Waals surface area contributed by atoms with E-state index in [4.69, 9.17) is 16.3 Å². The van der Waals surface area contributed by atoms with Crippen molar-refractivity contribution >= 4 is 21.6 Å². The fourth-order valence-electron chi connectivity index (χ4n) is 5.48. The number of hydrogen-bond acceptors (Lipinski definition) is 4. The number of benzene rings is 3. The first kappa shape index (κ1) is 32.5. The third-order valence-electron chi connectivity index (χ3n) is 7.90. The topological polar surface area (TPSA) is 49.9 Å². The second-order valence-electron chi connectivity index (χ2n) is 11.0. The van der Waals surface area contributed by atoms with Crippen LogP contribution in [0.2, 0.25) is 5.02 Å². The highest BCUT2D eigenvalue weighted by atomic mass is 35.5. The second kappa shape index (κ2) is 14.4. The summed E-state index contributed by atoms with van der Waals surface area (Å²) in [5, 5.41) is -0.280. The van der Waals surface area contributed by atoms with Crippen LogP contribution < -0.4 is 0 Å². The van der Waals surface area contributed by atoms with Gasteiger partial charge in [0.1, 0.15) is 0 Å². The molecule has 0 amide bonds. The quantitative estimate of drug-likeness (QED) is 0.214. The van der Waals surface area contributed by atoms with Crippen LogP contribution in [0.3, 0.4) is 0 Å². The summed E-state index contributed by atoms with van der Waals surface area (Å²) in [7, 11) is -3.28. The van der Waals surface area contributed by atoms with Crippen molar-refractivity contribution in [1.29, 1.82) is 0 Å². The number of ether oxygens (including phenoxy) is 1. The van der Waals surface area contributed by atoms with E-state index in [2.05, 4.69) is 29.2 Å². The van der Waals surface area contributed by atoms with E-state index in [1.54, 1.807) is 6.07 Å². The van der Waals surface area contributed by atoms with Gasteiger partial charge in [0.15, 0.2) is 0 Å². The van der Waals surface area contributed by atoms with Crippen molar-refractivity contribution in [2.24, 2.45) is 0 Å². The first-order valence-corrected chi connectivity index (χ1v) is 16.4. The number of halogens is 4. The van der Waals surface area contributed by atoms with Gasteiger partial charge in [-0.1, -0.05) is 84.4 Å². The van der Waals surface area contributed by atoms with Crippen LogP contribution in [-0.4, -0.2) is 62.3 Å². The highest BCUT2D eigenvalue weighted by Gasteiger charge is 2.34. The van der Waals surface area contributed by atoms with E-state index in [1.165, 1.54) is 16.6 Å². The average molecular weight is 623 g/mol. The Morgan fingerprint density at radius 2 is 1.62 bits per heavy atom. The Bertz CT molecular complexity index is 1350. The second-order valence-corrected chi connectivity index (χ2v) is 13.3. The lowest BCUT2D eigenvalue weighted by Crippen LogP contribution is -2.43. The molecule has 1 heterocycles. The Kier molecular flexibility index (Phi) is 11.1. The van der Waals surface area contributed by atoms with Crippen LogP contribution in [0.1, 0.15) is 54.4 Å².